The summed E-state index contributed by atoms with van der Waals surface area (Å²) in [7, 11) is 0. The van der Waals surface area contributed by atoms with Crippen molar-refractivity contribution in [2.45, 2.75) is 34.1 Å². The lowest BCUT2D eigenvalue weighted by Crippen LogP contribution is -2.36. The summed E-state index contributed by atoms with van der Waals surface area (Å²) in [6.07, 6.45) is 1.03. The molecule has 0 aromatic carbocycles. The van der Waals surface area contributed by atoms with Crippen LogP contribution in [0.15, 0.2) is 0 Å². The molecule has 0 spiro atoms. The fourth-order valence-electron chi connectivity index (χ4n) is 1.19. The Kier molecular flexibility index (Phi) is 10.8. The standard InChI is InChI=1S/C14H29NO4/c1-5-7-17-9-11-19-12-10-18-8-6-15-13(16)14(2,3)4/h5-12H2,1-4H3,(H,15,16). The monoisotopic (exact) mass is 275 g/mol. The Morgan fingerprint density at radius 2 is 1.37 bits per heavy atom. The van der Waals surface area contributed by atoms with Gasteiger partial charge in [0, 0.05) is 18.6 Å². The molecule has 0 unspecified atom stereocenters. The van der Waals surface area contributed by atoms with Crippen molar-refractivity contribution < 1.29 is 19.0 Å². The molecular weight excluding hydrogens is 246 g/mol. The molecule has 0 heterocycles. The van der Waals surface area contributed by atoms with Gasteiger partial charge in [-0.25, -0.2) is 0 Å². The normalized spacial score (nSPS) is 11.6. The molecule has 0 aliphatic rings. The zero-order valence-electron chi connectivity index (χ0n) is 12.8. The van der Waals surface area contributed by atoms with Crippen molar-refractivity contribution in [3.8, 4) is 0 Å². The second-order valence-corrected chi connectivity index (χ2v) is 5.34. The molecule has 0 rings (SSSR count). The SMILES string of the molecule is CCCOCCOCCOCCNC(=O)C(C)(C)C. The molecule has 0 radical (unpaired) electrons. The van der Waals surface area contributed by atoms with Crippen molar-refractivity contribution in [1.82, 2.24) is 5.32 Å². The Balaban J connectivity index is 3.17. The van der Waals surface area contributed by atoms with Crippen molar-refractivity contribution in [1.29, 1.82) is 0 Å². The van der Waals surface area contributed by atoms with E-state index >= 15 is 0 Å². The number of rotatable bonds is 11. The molecule has 114 valence electrons. The molecule has 0 aliphatic carbocycles. The van der Waals surface area contributed by atoms with Crippen LogP contribution in [0.2, 0.25) is 0 Å². The summed E-state index contributed by atoms with van der Waals surface area (Å²) in [4.78, 5) is 11.5. The molecule has 5 heteroatoms. The summed E-state index contributed by atoms with van der Waals surface area (Å²) in [6.45, 7) is 11.9. The van der Waals surface area contributed by atoms with Gasteiger partial charge in [0.25, 0.3) is 0 Å². The van der Waals surface area contributed by atoms with Crippen molar-refractivity contribution in [3.63, 3.8) is 0 Å². The van der Waals surface area contributed by atoms with Crippen molar-refractivity contribution in [2.24, 2.45) is 5.41 Å². The number of nitrogens with one attached hydrogen (secondary N) is 1. The van der Waals surface area contributed by atoms with Crippen LogP contribution in [0.3, 0.4) is 0 Å². The van der Waals surface area contributed by atoms with E-state index in [4.69, 9.17) is 14.2 Å². The molecule has 0 aromatic heterocycles. The van der Waals surface area contributed by atoms with E-state index in [0.29, 0.717) is 39.6 Å². The zero-order chi connectivity index (χ0) is 14.6. The fourth-order valence-corrected chi connectivity index (χ4v) is 1.19. The molecule has 0 atom stereocenters. The topological polar surface area (TPSA) is 56.8 Å². The molecule has 1 N–H and O–H groups in total. The number of hydrogen-bond donors (Lipinski definition) is 1. The second kappa shape index (κ2) is 11.2. The van der Waals surface area contributed by atoms with Crippen molar-refractivity contribution >= 4 is 5.91 Å². The lowest BCUT2D eigenvalue weighted by molar-refractivity contribution is -0.128. The van der Waals surface area contributed by atoms with Crippen LogP contribution in [0.4, 0.5) is 0 Å². The predicted octanol–water partition coefficient (Wildman–Crippen LogP) is 1.61. The van der Waals surface area contributed by atoms with Crippen LogP contribution >= 0.6 is 0 Å². The van der Waals surface area contributed by atoms with E-state index in [1.165, 1.54) is 0 Å². The number of carbonyl (C=O) groups is 1. The van der Waals surface area contributed by atoms with E-state index in [0.717, 1.165) is 13.0 Å². The van der Waals surface area contributed by atoms with E-state index in [2.05, 4.69) is 12.2 Å². The summed E-state index contributed by atoms with van der Waals surface area (Å²) in [5, 5.41) is 2.82. The van der Waals surface area contributed by atoms with E-state index in [1.54, 1.807) is 0 Å². The third-order valence-corrected chi connectivity index (χ3v) is 2.31. The van der Waals surface area contributed by atoms with E-state index in [1.807, 2.05) is 20.8 Å². The van der Waals surface area contributed by atoms with Crippen LogP contribution in [0, 0.1) is 5.41 Å². The third kappa shape index (κ3) is 12.1. The van der Waals surface area contributed by atoms with Gasteiger partial charge in [0.15, 0.2) is 0 Å². The molecule has 5 nitrogen and oxygen atoms in total. The van der Waals surface area contributed by atoms with Crippen molar-refractivity contribution in [3.05, 3.63) is 0 Å². The van der Waals surface area contributed by atoms with Gasteiger partial charge in [0.2, 0.25) is 5.91 Å². The largest absolute Gasteiger partial charge is 0.379 e. The van der Waals surface area contributed by atoms with Gasteiger partial charge in [0.1, 0.15) is 0 Å². The molecule has 0 fully saturated rings. The Hall–Kier alpha value is -0.650. The van der Waals surface area contributed by atoms with Gasteiger partial charge in [-0.1, -0.05) is 27.7 Å². The van der Waals surface area contributed by atoms with Crippen LogP contribution in [-0.2, 0) is 19.0 Å². The van der Waals surface area contributed by atoms with E-state index in [-0.39, 0.29) is 11.3 Å². The predicted molar refractivity (Wildman–Crippen MR) is 75.2 cm³/mol. The maximum absolute atomic E-state index is 11.5. The Morgan fingerprint density at radius 3 is 1.84 bits per heavy atom. The minimum atomic E-state index is -0.346. The first kappa shape index (κ1) is 18.4. The number of hydrogen-bond acceptors (Lipinski definition) is 4. The minimum absolute atomic E-state index is 0.0421. The molecule has 0 saturated carbocycles. The van der Waals surface area contributed by atoms with E-state index < -0.39 is 0 Å². The smallest absolute Gasteiger partial charge is 0.225 e. The van der Waals surface area contributed by atoms with Crippen molar-refractivity contribution in [2.75, 3.05) is 46.2 Å². The summed E-state index contributed by atoms with van der Waals surface area (Å²) in [6, 6.07) is 0. The summed E-state index contributed by atoms with van der Waals surface area (Å²) in [5.41, 5.74) is -0.346. The van der Waals surface area contributed by atoms with Crippen LogP contribution < -0.4 is 5.32 Å². The van der Waals surface area contributed by atoms with Gasteiger partial charge < -0.3 is 19.5 Å². The van der Waals surface area contributed by atoms with Gasteiger partial charge in [-0.2, -0.15) is 0 Å². The number of amides is 1. The highest BCUT2D eigenvalue weighted by molar-refractivity contribution is 5.81. The average molecular weight is 275 g/mol. The van der Waals surface area contributed by atoms with Gasteiger partial charge in [-0.15, -0.1) is 0 Å². The van der Waals surface area contributed by atoms with Gasteiger partial charge >= 0.3 is 0 Å². The Labute approximate surface area is 117 Å². The maximum atomic E-state index is 11.5. The molecule has 19 heavy (non-hydrogen) atoms. The first-order valence-corrected chi connectivity index (χ1v) is 7.00. The summed E-state index contributed by atoms with van der Waals surface area (Å²) in [5.74, 6) is 0.0421. The Bertz CT molecular complexity index is 226. The number of carbonyl (C=O) groups excluding carboxylic acids is 1. The molecule has 0 aromatic rings. The first-order valence-electron chi connectivity index (χ1n) is 7.00. The quantitative estimate of drug-likeness (QED) is 0.582. The maximum Gasteiger partial charge on any atom is 0.225 e. The Morgan fingerprint density at radius 1 is 0.895 bits per heavy atom. The highest BCUT2D eigenvalue weighted by atomic mass is 16.5. The molecule has 1 amide bonds. The van der Waals surface area contributed by atoms with Gasteiger partial charge in [-0.05, 0) is 6.42 Å². The lowest BCUT2D eigenvalue weighted by Gasteiger charge is -2.17. The third-order valence-electron chi connectivity index (χ3n) is 2.31. The van der Waals surface area contributed by atoms with Crippen LogP contribution in [0.5, 0.6) is 0 Å². The van der Waals surface area contributed by atoms with E-state index in [9.17, 15) is 4.79 Å². The minimum Gasteiger partial charge on any atom is -0.379 e. The molecule has 0 aliphatic heterocycles. The highest BCUT2D eigenvalue weighted by Gasteiger charge is 2.20. The lowest BCUT2D eigenvalue weighted by atomic mass is 9.96. The van der Waals surface area contributed by atoms with Crippen LogP contribution in [-0.4, -0.2) is 52.1 Å². The molecule has 0 bridgehead atoms. The van der Waals surface area contributed by atoms with Crippen LogP contribution in [0.1, 0.15) is 34.1 Å². The summed E-state index contributed by atoms with van der Waals surface area (Å²) < 4.78 is 15.9. The summed E-state index contributed by atoms with van der Waals surface area (Å²) >= 11 is 0. The molecule has 0 saturated heterocycles. The number of ether oxygens (including phenoxy) is 3. The van der Waals surface area contributed by atoms with Gasteiger partial charge in [0.05, 0.1) is 33.0 Å². The highest BCUT2D eigenvalue weighted by Crippen LogP contribution is 2.11. The second-order valence-electron chi connectivity index (χ2n) is 5.34. The first-order chi connectivity index (χ1) is 8.98. The molecular formula is C14H29NO4. The average Bonchev–Trinajstić information content (AvgIpc) is 2.34. The van der Waals surface area contributed by atoms with Crippen LogP contribution in [0.25, 0.3) is 0 Å². The zero-order valence-corrected chi connectivity index (χ0v) is 12.8. The fraction of sp³-hybridized carbons (Fsp3) is 0.929. The van der Waals surface area contributed by atoms with Gasteiger partial charge in [-0.3, -0.25) is 4.79 Å².